The fourth-order valence-electron chi connectivity index (χ4n) is 8.71. The van der Waals surface area contributed by atoms with Gasteiger partial charge < -0.3 is 4.90 Å². The van der Waals surface area contributed by atoms with Crippen LogP contribution in [0.4, 0.5) is 17.1 Å². The highest BCUT2D eigenvalue weighted by Gasteiger charge is 2.52. The van der Waals surface area contributed by atoms with E-state index in [1.54, 1.807) is 0 Å². The minimum Gasteiger partial charge on any atom is -0.310 e. The van der Waals surface area contributed by atoms with Gasteiger partial charge in [-0.25, -0.2) is 0 Å². The van der Waals surface area contributed by atoms with E-state index in [9.17, 15) is 0 Å². The molecule has 0 heterocycles. The second kappa shape index (κ2) is 10.0. The van der Waals surface area contributed by atoms with Gasteiger partial charge in [0.1, 0.15) is 0 Å². The molecule has 8 aromatic carbocycles. The Bertz CT molecular complexity index is 2550. The van der Waals surface area contributed by atoms with Crippen molar-refractivity contribution in [3.05, 3.63) is 197 Å². The van der Waals surface area contributed by atoms with Gasteiger partial charge in [-0.3, -0.25) is 0 Å². The molecule has 0 atom stereocenters. The monoisotopic (exact) mass is 611 g/mol. The molecule has 1 spiro atoms. The van der Waals surface area contributed by atoms with Gasteiger partial charge in [0.05, 0.1) is 11.1 Å². The molecule has 0 saturated heterocycles. The molecule has 8 aromatic rings. The van der Waals surface area contributed by atoms with Crippen LogP contribution in [0.1, 0.15) is 33.4 Å². The van der Waals surface area contributed by atoms with E-state index in [2.05, 4.69) is 183 Å². The third kappa shape index (κ3) is 3.56. The Morgan fingerprint density at radius 1 is 0.396 bits per heavy atom. The number of hydrogen-bond acceptors (Lipinski definition) is 1. The van der Waals surface area contributed by atoms with Crippen LogP contribution in [0.25, 0.3) is 43.8 Å². The van der Waals surface area contributed by atoms with Crippen molar-refractivity contribution in [3.63, 3.8) is 0 Å². The Labute approximate surface area is 281 Å². The van der Waals surface area contributed by atoms with Crippen molar-refractivity contribution in [2.24, 2.45) is 0 Å². The summed E-state index contributed by atoms with van der Waals surface area (Å²) in [6, 6.07) is 61.2. The zero-order chi connectivity index (χ0) is 32.0. The second-order valence-corrected chi connectivity index (χ2v) is 13.4. The number of para-hydroxylation sites is 1. The normalized spacial score (nSPS) is 13.4. The molecule has 0 radical (unpaired) electrons. The van der Waals surface area contributed by atoms with Gasteiger partial charge in [0.25, 0.3) is 0 Å². The fraction of sp³-hybridized carbons (Fsp3) is 0.0638. The topological polar surface area (TPSA) is 3.24 Å². The third-order valence-electron chi connectivity index (χ3n) is 10.9. The number of aryl methyl sites for hydroxylation is 2. The fourth-order valence-corrected chi connectivity index (χ4v) is 8.71. The largest absolute Gasteiger partial charge is 0.310 e. The summed E-state index contributed by atoms with van der Waals surface area (Å²) in [5.41, 5.74) is 16.4. The SMILES string of the molecule is Cc1ccc(N(c2ccccc2)c2cc3c(c4ccccc24)-c2cc4ccccc4cc2C32c3ccccc3-c3ccccc32)cc1C. The standard InChI is InChI=1S/C47H33N/c1-30-24-25-35(26-31(30)2)48(34-16-4-3-5-17-34)45-29-44-46(39-21-9-8-20-38(39)45)40-27-32-14-6-7-15-33(32)28-43(40)47(44)41-22-12-10-18-36(41)37-19-11-13-23-42(37)47/h3-29H,1-2H3. The summed E-state index contributed by atoms with van der Waals surface area (Å²) < 4.78 is 0. The molecule has 48 heavy (non-hydrogen) atoms. The molecule has 1 heteroatoms. The average Bonchev–Trinajstić information content (AvgIpc) is 3.59. The van der Waals surface area contributed by atoms with Crippen LogP contribution in [0.15, 0.2) is 164 Å². The van der Waals surface area contributed by atoms with Crippen LogP contribution < -0.4 is 4.90 Å². The Hall–Kier alpha value is -5.92. The van der Waals surface area contributed by atoms with Gasteiger partial charge in [0.2, 0.25) is 0 Å². The Morgan fingerprint density at radius 2 is 1.00 bits per heavy atom. The number of nitrogens with zero attached hydrogens (tertiary/aromatic N) is 1. The van der Waals surface area contributed by atoms with Gasteiger partial charge in [0, 0.05) is 16.8 Å². The average molecular weight is 612 g/mol. The maximum Gasteiger partial charge on any atom is 0.0726 e. The molecular formula is C47H33N. The molecule has 0 N–H and O–H groups in total. The summed E-state index contributed by atoms with van der Waals surface area (Å²) in [5, 5.41) is 5.07. The first-order chi connectivity index (χ1) is 23.6. The summed E-state index contributed by atoms with van der Waals surface area (Å²) in [5.74, 6) is 0. The maximum atomic E-state index is 2.53. The number of benzene rings is 8. The van der Waals surface area contributed by atoms with E-state index in [1.807, 2.05) is 0 Å². The van der Waals surface area contributed by atoms with E-state index in [1.165, 1.54) is 82.9 Å². The van der Waals surface area contributed by atoms with Crippen LogP contribution in [0.3, 0.4) is 0 Å². The minimum absolute atomic E-state index is 0.452. The first-order valence-electron chi connectivity index (χ1n) is 16.9. The predicted molar refractivity (Wildman–Crippen MR) is 202 cm³/mol. The molecule has 0 bridgehead atoms. The van der Waals surface area contributed by atoms with Crippen molar-refractivity contribution < 1.29 is 0 Å². The molecule has 0 unspecified atom stereocenters. The molecule has 2 aliphatic rings. The zero-order valence-electron chi connectivity index (χ0n) is 27.0. The molecule has 2 aliphatic carbocycles. The van der Waals surface area contributed by atoms with Crippen molar-refractivity contribution in [1.29, 1.82) is 0 Å². The van der Waals surface area contributed by atoms with Crippen molar-refractivity contribution >= 4 is 38.6 Å². The van der Waals surface area contributed by atoms with Crippen LogP contribution in [0.2, 0.25) is 0 Å². The van der Waals surface area contributed by atoms with Gasteiger partial charge in [-0.15, -0.1) is 0 Å². The Balaban J connectivity index is 1.40. The van der Waals surface area contributed by atoms with Gasteiger partial charge in [0.15, 0.2) is 0 Å². The van der Waals surface area contributed by atoms with Gasteiger partial charge >= 0.3 is 0 Å². The lowest BCUT2D eigenvalue weighted by atomic mass is 9.70. The van der Waals surface area contributed by atoms with Crippen molar-refractivity contribution in [2.45, 2.75) is 19.3 Å². The van der Waals surface area contributed by atoms with Crippen LogP contribution in [0.5, 0.6) is 0 Å². The predicted octanol–water partition coefficient (Wildman–Crippen LogP) is 12.4. The molecule has 10 rings (SSSR count). The van der Waals surface area contributed by atoms with Crippen molar-refractivity contribution in [3.8, 4) is 22.3 Å². The maximum absolute atomic E-state index is 2.53. The first kappa shape index (κ1) is 27.2. The smallest absolute Gasteiger partial charge is 0.0726 e. The van der Waals surface area contributed by atoms with E-state index in [0.29, 0.717) is 0 Å². The van der Waals surface area contributed by atoms with Crippen LogP contribution in [0, 0.1) is 13.8 Å². The molecule has 226 valence electrons. The van der Waals surface area contributed by atoms with Crippen molar-refractivity contribution in [2.75, 3.05) is 4.90 Å². The number of fused-ring (bicyclic) bond motifs is 13. The molecule has 0 fully saturated rings. The lowest BCUT2D eigenvalue weighted by Crippen LogP contribution is -2.26. The molecule has 0 aromatic heterocycles. The number of hydrogen-bond donors (Lipinski definition) is 0. The third-order valence-corrected chi connectivity index (χ3v) is 10.9. The molecule has 0 saturated carbocycles. The van der Waals surface area contributed by atoms with E-state index < -0.39 is 5.41 Å². The number of rotatable bonds is 3. The summed E-state index contributed by atoms with van der Waals surface area (Å²) in [4.78, 5) is 2.47. The summed E-state index contributed by atoms with van der Waals surface area (Å²) in [7, 11) is 0. The van der Waals surface area contributed by atoms with Gasteiger partial charge in [-0.05, 0) is 128 Å². The van der Waals surface area contributed by atoms with Crippen molar-refractivity contribution in [1.82, 2.24) is 0 Å². The Morgan fingerprint density at radius 3 is 1.71 bits per heavy atom. The summed E-state index contributed by atoms with van der Waals surface area (Å²) in [6.07, 6.45) is 0. The van der Waals surface area contributed by atoms with E-state index in [4.69, 9.17) is 0 Å². The molecular weight excluding hydrogens is 579 g/mol. The van der Waals surface area contributed by atoms with E-state index in [0.717, 1.165) is 11.4 Å². The highest BCUT2D eigenvalue weighted by Crippen LogP contribution is 2.65. The van der Waals surface area contributed by atoms with Gasteiger partial charge in [-0.1, -0.05) is 121 Å². The van der Waals surface area contributed by atoms with Crippen LogP contribution in [-0.4, -0.2) is 0 Å². The van der Waals surface area contributed by atoms with E-state index >= 15 is 0 Å². The zero-order valence-corrected chi connectivity index (χ0v) is 27.0. The minimum atomic E-state index is -0.452. The highest BCUT2D eigenvalue weighted by atomic mass is 15.1. The molecule has 0 amide bonds. The van der Waals surface area contributed by atoms with Crippen LogP contribution >= 0.6 is 0 Å². The number of anilines is 3. The Kier molecular flexibility index (Phi) is 5.69. The molecule has 0 aliphatic heterocycles. The van der Waals surface area contributed by atoms with Gasteiger partial charge in [-0.2, -0.15) is 0 Å². The van der Waals surface area contributed by atoms with E-state index in [-0.39, 0.29) is 0 Å². The summed E-state index contributed by atoms with van der Waals surface area (Å²) >= 11 is 0. The lowest BCUT2D eigenvalue weighted by molar-refractivity contribution is 0.795. The first-order valence-corrected chi connectivity index (χ1v) is 16.9. The quantitative estimate of drug-likeness (QED) is 0.192. The second-order valence-electron chi connectivity index (χ2n) is 13.4. The summed E-state index contributed by atoms with van der Waals surface area (Å²) in [6.45, 7) is 4.40. The van der Waals surface area contributed by atoms with Crippen LogP contribution in [-0.2, 0) is 5.41 Å². The lowest BCUT2D eigenvalue weighted by Gasteiger charge is -2.33. The highest BCUT2D eigenvalue weighted by molar-refractivity contribution is 6.13. The molecule has 1 nitrogen and oxygen atoms in total.